The average Bonchev–Trinajstić information content (AvgIpc) is 2.95. The van der Waals surface area contributed by atoms with E-state index in [1.807, 2.05) is 13.0 Å². The summed E-state index contributed by atoms with van der Waals surface area (Å²) in [5, 5.41) is 8.87. The topological polar surface area (TPSA) is 68.2 Å². The molecule has 0 unspecified atom stereocenters. The highest BCUT2D eigenvalue weighted by Gasteiger charge is 2.14. The Morgan fingerprint density at radius 1 is 0.976 bits per heavy atom. The van der Waals surface area contributed by atoms with Crippen molar-refractivity contribution in [3.8, 4) is 23.3 Å². The summed E-state index contributed by atoms with van der Waals surface area (Å²) in [6.07, 6.45) is 2.09. The summed E-state index contributed by atoms with van der Waals surface area (Å²) >= 11 is 0. The van der Waals surface area contributed by atoms with Gasteiger partial charge in [0.25, 0.3) is 0 Å². The number of hydrogen-bond acceptors (Lipinski definition) is 5. The molecule has 0 bridgehead atoms. The van der Waals surface area contributed by atoms with Crippen LogP contribution in [-0.2, 0) is 14.9 Å². The van der Waals surface area contributed by atoms with Crippen LogP contribution in [0.1, 0.15) is 48.6 Å². The van der Waals surface area contributed by atoms with Crippen LogP contribution in [0.5, 0.6) is 11.5 Å². The first-order valence-corrected chi connectivity index (χ1v) is 14.0. The monoisotopic (exact) mass is 553 g/mol. The van der Waals surface area contributed by atoms with Crippen LogP contribution in [0, 0.1) is 18.8 Å². The highest BCUT2D eigenvalue weighted by Crippen LogP contribution is 2.29. The highest BCUT2D eigenvalue weighted by molar-refractivity contribution is 5.80. The van der Waals surface area contributed by atoms with Gasteiger partial charge in [-0.2, -0.15) is 0 Å². The van der Waals surface area contributed by atoms with E-state index in [9.17, 15) is 4.79 Å². The van der Waals surface area contributed by atoms with E-state index in [2.05, 4.69) is 92.1 Å². The van der Waals surface area contributed by atoms with E-state index in [4.69, 9.17) is 19.3 Å². The second-order valence-electron chi connectivity index (χ2n) is 11.1. The van der Waals surface area contributed by atoms with Crippen molar-refractivity contribution in [3.63, 3.8) is 0 Å². The Labute approximate surface area is 243 Å². The average molecular weight is 554 g/mol. The predicted octanol–water partition coefficient (Wildman–Crippen LogP) is 5.95. The number of aliphatic carboxylic acids is 1. The second-order valence-corrected chi connectivity index (χ2v) is 11.1. The highest BCUT2D eigenvalue weighted by atomic mass is 16.5. The SMILES string of the molecule is Cc1cc(OC/C=C(\c2ccc(C#CCN3CCOCC3)cc2)c2ccc(C(C)(C)C)cc2)ccc1OCC(=O)O. The van der Waals surface area contributed by atoms with Crippen molar-refractivity contribution >= 4 is 11.5 Å². The van der Waals surface area contributed by atoms with Crippen molar-refractivity contribution in [2.24, 2.45) is 0 Å². The minimum absolute atomic E-state index is 0.0747. The number of carboxylic acid groups (broad SMARTS) is 1. The maximum Gasteiger partial charge on any atom is 0.341 e. The summed E-state index contributed by atoms with van der Waals surface area (Å²) in [4.78, 5) is 13.1. The quantitative estimate of drug-likeness (QED) is 0.330. The number of ether oxygens (including phenoxy) is 3. The Bertz CT molecular complexity index is 1400. The Morgan fingerprint density at radius 2 is 1.63 bits per heavy atom. The zero-order chi connectivity index (χ0) is 29.2. The molecular formula is C35H39NO5. The molecule has 6 heteroatoms. The van der Waals surface area contributed by atoms with Gasteiger partial charge in [-0.05, 0) is 76.6 Å². The molecule has 0 amide bonds. The first-order chi connectivity index (χ1) is 19.7. The molecule has 1 heterocycles. The smallest absolute Gasteiger partial charge is 0.341 e. The van der Waals surface area contributed by atoms with Gasteiger partial charge in [-0.25, -0.2) is 4.79 Å². The van der Waals surface area contributed by atoms with Crippen molar-refractivity contribution in [2.75, 3.05) is 46.1 Å². The number of aryl methyl sites for hydroxylation is 1. The second kappa shape index (κ2) is 14.0. The van der Waals surface area contributed by atoms with Crippen LogP contribution in [0.4, 0.5) is 0 Å². The maximum atomic E-state index is 10.8. The van der Waals surface area contributed by atoms with Crippen molar-refractivity contribution < 1.29 is 24.1 Å². The lowest BCUT2D eigenvalue weighted by molar-refractivity contribution is -0.139. The molecule has 0 radical (unpaired) electrons. The fourth-order valence-corrected chi connectivity index (χ4v) is 4.53. The van der Waals surface area contributed by atoms with Crippen LogP contribution in [-0.4, -0.2) is 62.0 Å². The van der Waals surface area contributed by atoms with E-state index in [1.165, 1.54) is 5.56 Å². The lowest BCUT2D eigenvalue weighted by Gasteiger charge is -2.24. The standard InChI is InChI=1S/C35H39NO5/c1-26-24-31(15-16-33(26)41-25-34(37)38)40-21-17-32(29-11-13-30(14-12-29)35(2,3)4)28-9-7-27(8-10-28)6-5-18-36-19-22-39-23-20-36/h7-17,24H,18-23,25H2,1-4H3,(H,37,38)/b32-17+. The summed E-state index contributed by atoms with van der Waals surface area (Å²) in [7, 11) is 0. The van der Waals surface area contributed by atoms with Gasteiger partial charge in [-0.15, -0.1) is 0 Å². The summed E-state index contributed by atoms with van der Waals surface area (Å²) in [5.41, 5.74) is 6.44. The molecule has 1 aliphatic heterocycles. The van der Waals surface area contributed by atoms with Gasteiger partial charge in [-0.1, -0.05) is 69.0 Å². The minimum atomic E-state index is -1.01. The van der Waals surface area contributed by atoms with E-state index >= 15 is 0 Å². The molecule has 6 nitrogen and oxygen atoms in total. The van der Waals surface area contributed by atoms with E-state index in [-0.39, 0.29) is 12.0 Å². The van der Waals surface area contributed by atoms with E-state index in [0.29, 0.717) is 18.1 Å². The number of nitrogens with zero attached hydrogens (tertiary/aromatic N) is 1. The summed E-state index contributed by atoms with van der Waals surface area (Å²) in [6.45, 7) is 12.7. The van der Waals surface area contributed by atoms with Crippen LogP contribution < -0.4 is 9.47 Å². The Morgan fingerprint density at radius 3 is 2.24 bits per heavy atom. The zero-order valence-corrected chi connectivity index (χ0v) is 24.4. The van der Waals surface area contributed by atoms with Crippen LogP contribution in [0.3, 0.4) is 0 Å². The Hall–Kier alpha value is -4.05. The molecule has 214 valence electrons. The number of hydrogen-bond donors (Lipinski definition) is 1. The first kappa shape index (κ1) is 29.9. The fraction of sp³-hybridized carbons (Fsp3) is 0.343. The molecule has 0 saturated carbocycles. The van der Waals surface area contributed by atoms with E-state index in [0.717, 1.165) is 60.7 Å². The molecule has 0 spiro atoms. The number of morpholine rings is 1. The molecule has 1 N–H and O–H groups in total. The summed E-state index contributed by atoms with van der Waals surface area (Å²) < 4.78 is 16.8. The third kappa shape index (κ3) is 8.97. The van der Waals surface area contributed by atoms with Gasteiger partial charge in [-0.3, -0.25) is 4.90 Å². The van der Waals surface area contributed by atoms with Crippen molar-refractivity contribution in [2.45, 2.75) is 33.1 Å². The normalized spacial score (nSPS) is 14.2. The predicted molar refractivity (Wildman–Crippen MR) is 163 cm³/mol. The fourth-order valence-electron chi connectivity index (χ4n) is 4.53. The number of rotatable bonds is 9. The zero-order valence-electron chi connectivity index (χ0n) is 24.4. The van der Waals surface area contributed by atoms with Gasteiger partial charge in [0, 0.05) is 18.7 Å². The summed E-state index contributed by atoms with van der Waals surface area (Å²) in [5.74, 6) is 6.80. The molecule has 0 aromatic heterocycles. The molecular weight excluding hydrogens is 514 g/mol. The first-order valence-electron chi connectivity index (χ1n) is 14.0. The third-order valence-corrected chi connectivity index (χ3v) is 6.93. The molecule has 1 fully saturated rings. The molecule has 4 rings (SSSR count). The number of carbonyl (C=O) groups is 1. The lowest BCUT2D eigenvalue weighted by Crippen LogP contribution is -2.36. The van der Waals surface area contributed by atoms with Gasteiger partial charge < -0.3 is 19.3 Å². The Kier molecular flexibility index (Phi) is 10.2. The molecule has 41 heavy (non-hydrogen) atoms. The van der Waals surface area contributed by atoms with Crippen molar-refractivity contribution in [1.29, 1.82) is 0 Å². The van der Waals surface area contributed by atoms with Crippen LogP contribution in [0.15, 0.2) is 72.8 Å². The van der Waals surface area contributed by atoms with Gasteiger partial charge in [0.15, 0.2) is 6.61 Å². The van der Waals surface area contributed by atoms with Gasteiger partial charge in [0.05, 0.1) is 19.8 Å². The largest absolute Gasteiger partial charge is 0.489 e. The van der Waals surface area contributed by atoms with Gasteiger partial charge in [0.2, 0.25) is 0 Å². The van der Waals surface area contributed by atoms with E-state index in [1.54, 1.807) is 12.1 Å². The van der Waals surface area contributed by atoms with Crippen LogP contribution in [0.2, 0.25) is 0 Å². The van der Waals surface area contributed by atoms with Crippen molar-refractivity contribution in [1.82, 2.24) is 4.90 Å². The number of benzene rings is 3. The molecule has 0 atom stereocenters. The van der Waals surface area contributed by atoms with Gasteiger partial charge >= 0.3 is 5.97 Å². The minimum Gasteiger partial charge on any atom is -0.489 e. The van der Waals surface area contributed by atoms with Crippen LogP contribution >= 0.6 is 0 Å². The van der Waals surface area contributed by atoms with Crippen LogP contribution in [0.25, 0.3) is 5.57 Å². The molecule has 1 saturated heterocycles. The lowest BCUT2D eigenvalue weighted by atomic mass is 9.85. The molecule has 1 aliphatic rings. The number of carboxylic acids is 1. The maximum absolute atomic E-state index is 10.8. The molecule has 0 aliphatic carbocycles. The third-order valence-electron chi connectivity index (χ3n) is 6.93. The summed E-state index contributed by atoms with van der Waals surface area (Å²) in [6, 6.07) is 22.5. The molecule has 3 aromatic carbocycles. The van der Waals surface area contributed by atoms with Crippen molar-refractivity contribution in [3.05, 3.63) is 101 Å². The Balaban J connectivity index is 1.51. The van der Waals surface area contributed by atoms with E-state index < -0.39 is 5.97 Å². The van der Waals surface area contributed by atoms with Gasteiger partial charge in [0.1, 0.15) is 18.1 Å². The molecule has 3 aromatic rings.